The summed E-state index contributed by atoms with van der Waals surface area (Å²) >= 11 is 1.70. The van der Waals surface area contributed by atoms with E-state index in [1.807, 2.05) is 6.26 Å². The van der Waals surface area contributed by atoms with Crippen LogP contribution in [0.25, 0.3) is 0 Å². The van der Waals surface area contributed by atoms with Gasteiger partial charge in [-0.25, -0.2) is 0 Å². The number of pyridine rings is 1. The van der Waals surface area contributed by atoms with Gasteiger partial charge in [0.15, 0.2) is 0 Å². The van der Waals surface area contributed by atoms with Gasteiger partial charge in [-0.05, 0) is 26.2 Å². The van der Waals surface area contributed by atoms with Crippen LogP contribution < -0.4 is 5.32 Å². The fourth-order valence-corrected chi connectivity index (χ4v) is 1.58. The van der Waals surface area contributed by atoms with Gasteiger partial charge in [0.1, 0.15) is 0 Å². The maximum atomic E-state index is 12.2. The third-order valence-electron chi connectivity index (χ3n) is 2.75. The standard InChI is InChI=1S/C15H20N2O2S/c1-15(2,20-3)11-17-14(19)13-7-8-16-10-12(13)6-4-5-9-18/h7-8,10,18H,5,9,11H2,1-3H3,(H,17,19). The van der Waals surface area contributed by atoms with Crippen molar-refractivity contribution in [2.24, 2.45) is 0 Å². The highest BCUT2D eigenvalue weighted by Gasteiger charge is 2.18. The van der Waals surface area contributed by atoms with Crippen molar-refractivity contribution in [3.63, 3.8) is 0 Å². The zero-order valence-electron chi connectivity index (χ0n) is 12.1. The van der Waals surface area contributed by atoms with Crippen molar-refractivity contribution in [2.45, 2.75) is 25.0 Å². The highest BCUT2D eigenvalue weighted by atomic mass is 32.2. The molecule has 0 bridgehead atoms. The van der Waals surface area contributed by atoms with Crippen LogP contribution >= 0.6 is 11.8 Å². The van der Waals surface area contributed by atoms with Crippen molar-refractivity contribution < 1.29 is 9.90 Å². The lowest BCUT2D eigenvalue weighted by Gasteiger charge is -2.22. The van der Waals surface area contributed by atoms with E-state index >= 15 is 0 Å². The molecule has 0 spiro atoms. The van der Waals surface area contributed by atoms with Crippen LogP contribution in [0.4, 0.5) is 0 Å². The molecule has 0 aliphatic carbocycles. The van der Waals surface area contributed by atoms with Gasteiger partial charge in [0.25, 0.3) is 5.91 Å². The Labute approximate surface area is 124 Å². The van der Waals surface area contributed by atoms with Gasteiger partial charge in [0.05, 0.1) is 17.7 Å². The number of amides is 1. The zero-order valence-corrected chi connectivity index (χ0v) is 12.9. The molecule has 0 fully saturated rings. The van der Waals surface area contributed by atoms with Gasteiger partial charge in [-0.3, -0.25) is 9.78 Å². The third kappa shape index (κ3) is 5.24. The smallest absolute Gasteiger partial charge is 0.252 e. The van der Waals surface area contributed by atoms with Gasteiger partial charge < -0.3 is 10.4 Å². The number of aromatic nitrogens is 1. The van der Waals surface area contributed by atoms with E-state index in [1.165, 1.54) is 0 Å². The Morgan fingerprint density at radius 3 is 2.95 bits per heavy atom. The summed E-state index contributed by atoms with van der Waals surface area (Å²) in [5, 5.41) is 11.6. The van der Waals surface area contributed by atoms with Crippen molar-refractivity contribution in [2.75, 3.05) is 19.4 Å². The Morgan fingerprint density at radius 1 is 1.55 bits per heavy atom. The molecule has 0 aromatic carbocycles. The predicted molar refractivity (Wildman–Crippen MR) is 82.7 cm³/mol. The summed E-state index contributed by atoms with van der Waals surface area (Å²) in [5.41, 5.74) is 1.10. The molecule has 1 amide bonds. The molecular formula is C15H20N2O2S. The minimum Gasteiger partial charge on any atom is -0.395 e. The number of carbonyl (C=O) groups is 1. The Balaban J connectivity index is 2.81. The van der Waals surface area contributed by atoms with E-state index in [-0.39, 0.29) is 17.3 Å². The molecule has 4 nitrogen and oxygen atoms in total. The second-order valence-corrected chi connectivity index (χ2v) is 6.36. The average Bonchev–Trinajstić information content (AvgIpc) is 2.46. The Kier molecular flexibility index (Phi) is 6.56. The Morgan fingerprint density at radius 2 is 2.30 bits per heavy atom. The molecular weight excluding hydrogens is 272 g/mol. The van der Waals surface area contributed by atoms with E-state index in [0.29, 0.717) is 24.1 Å². The van der Waals surface area contributed by atoms with Gasteiger partial charge in [-0.2, -0.15) is 11.8 Å². The van der Waals surface area contributed by atoms with E-state index in [4.69, 9.17) is 5.11 Å². The van der Waals surface area contributed by atoms with Crippen LogP contribution in [0, 0.1) is 11.8 Å². The molecule has 1 aromatic heterocycles. The molecule has 0 aliphatic rings. The largest absolute Gasteiger partial charge is 0.395 e. The number of nitrogens with one attached hydrogen (secondary N) is 1. The van der Waals surface area contributed by atoms with Crippen molar-refractivity contribution in [3.05, 3.63) is 29.6 Å². The number of rotatable bonds is 5. The summed E-state index contributed by atoms with van der Waals surface area (Å²) in [7, 11) is 0. The first-order chi connectivity index (χ1) is 9.50. The lowest BCUT2D eigenvalue weighted by molar-refractivity contribution is 0.0950. The van der Waals surface area contributed by atoms with E-state index < -0.39 is 0 Å². The number of hydrogen-bond donors (Lipinski definition) is 2. The quantitative estimate of drug-likeness (QED) is 0.811. The molecule has 0 unspecified atom stereocenters. The minimum absolute atomic E-state index is 0.00851. The van der Waals surface area contributed by atoms with Crippen LogP contribution in [-0.4, -0.2) is 40.2 Å². The van der Waals surface area contributed by atoms with Crippen molar-refractivity contribution in [1.82, 2.24) is 10.3 Å². The molecule has 0 atom stereocenters. The maximum absolute atomic E-state index is 12.2. The molecule has 108 valence electrons. The molecule has 1 aromatic rings. The fourth-order valence-electron chi connectivity index (χ4n) is 1.37. The highest BCUT2D eigenvalue weighted by Crippen LogP contribution is 2.19. The second-order valence-electron chi connectivity index (χ2n) is 4.84. The van der Waals surface area contributed by atoms with Gasteiger partial charge >= 0.3 is 0 Å². The lowest BCUT2D eigenvalue weighted by atomic mass is 10.1. The number of thioether (sulfide) groups is 1. The topological polar surface area (TPSA) is 62.2 Å². The number of hydrogen-bond acceptors (Lipinski definition) is 4. The molecule has 20 heavy (non-hydrogen) atoms. The van der Waals surface area contributed by atoms with Crippen molar-refractivity contribution in [1.29, 1.82) is 0 Å². The van der Waals surface area contributed by atoms with Gasteiger partial charge in [0.2, 0.25) is 0 Å². The van der Waals surface area contributed by atoms with Crippen LogP contribution in [0.5, 0.6) is 0 Å². The molecule has 5 heteroatoms. The molecule has 0 radical (unpaired) electrons. The summed E-state index contributed by atoms with van der Waals surface area (Å²) in [6.07, 6.45) is 5.55. The normalized spacial score (nSPS) is 10.6. The number of nitrogens with zero attached hydrogens (tertiary/aromatic N) is 1. The van der Waals surface area contributed by atoms with Crippen LogP contribution in [-0.2, 0) is 0 Å². The molecule has 2 N–H and O–H groups in total. The summed E-state index contributed by atoms with van der Waals surface area (Å²) in [6, 6.07) is 1.66. The van der Waals surface area contributed by atoms with Gasteiger partial charge in [-0.1, -0.05) is 11.8 Å². The van der Waals surface area contributed by atoms with Crippen LogP contribution in [0.3, 0.4) is 0 Å². The van der Waals surface area contributed by atoms with Crippen molar-refractivity contribution in [3.8, 4) is 11.8 Å². The van der Waals surface area contributed by atoms with Crippen LogP contribution in [0.15, 0.2) is 18.5 Å². The zero-order chi connectivity index (χ0) is 15.0. The summed E-state index contributed by atoms with van der Waals surface area (Å²) in [5.74, 6) is 5.52. The molecule has 0 saturated carbocycles. The highest BCUT2D eigenvalue weighted by molar-refractivity contribution is 7.99. The monoisotopic (exact) mass is 292 g/mol. The number of aliphatic hydroxyl groups excluding tert-OH is 1. The van der Waals surface area contributed by atoms with E-state index in [2.05, 4.69) is 36.0 Å². The summed E-state index contributed by atoms with van der Waals surface area (Å²) in [4.78, 5) is 16.2. The maximum Gasteiger partial charge on any atom is 0.252 e. The van der Waals surface area contributed by atoms with Crippen LogP contribution in [0.2, 0.25) is 0 Å². The summed E-state index contributed by atoms with van der Waals surface area (Å²) < 4.78 is -0.00851. The molecule has 1 heterocycles. The third-order valence-corrected chi connectivity index (χ3v) is 4.00. The Bertz CT molecular complexity index is 518. The van der Waals surface area contributed by atoms with Gasteiger partial charge in [-0.15, -0.1) is 0 Å². The first-order valence-electron chi connectivity index (χ1n) is 6.37. The molecule has 0 aliphatic heterocycles. The number of carbonyl (C=O) groups excluding carboxylic acids is 1. The van der Waals surface area contributed by atoms with E-state index in [9.17, 15) is 4.79 Å². The minimum atomic E-state index is -0.150. The van der Waals surface area contributed by atoms with E-state index in [0.717, 1.165) is 0 Å². The predicted octanol–water partition coefficient (Wildman–Crippen LogP) is 1.69. The van der Waals surface area contributed by atoms with Gasteiger partial charge in [0, 0.05) is 30.1 Å². The Hall–Kier alpha value is -1.51. The first-order valence-corrected chi connectivity index (χ1v) is 7.60. The fraction of sp³-hybridized carbons (Fsp3) is 0.467. The average molecular weight is 292 g/mol. The van der Waals surface area contributed by atoms with Crippen LogP contribution in [0.1, 0.15) is 36.2 Å². The SMILES string of the molecule is CSC(C)(C)CNC(=O)c1ccncc1C#CCCO. The first kappa shape index (κ1) is 16.5. The number of aliphatic hydroxyl groups is 1. The van der Waals surface area contributed by atoms with Crippen molar-refractivity contribution >= 4 is 17.7 Å². The molecule has 1 rings (SSSR count). The second kappa shape index (κ2) is 7.93. The lowest BCUT2D eigenvalue weighted by Crippen LogP contribution is -2.36. The molecule has 0 saturated heterocycles. The summed E-state index contributed by atoms with van der Waals surface area (Å²) in [6.45, 7) is 4.74. The van der Waals surface area contributed by atoms with E-state index in [1.54, 1.807) is 30.2 Å².